The van der Waals surface area contributed by atoms with E-state index in [0.29, 0.717) is 5.39 Å². The first-order valence-electron chi connectivity index (χ1n) is 6.29. The maximum atomic E-state index is 11.2. The van der Waals surface area contributed by atoms with Crippen molar-refractivity contribution >= 4 is 38.3 Å². The van der Waals surface area contributed by atoms with Gasteiger partial charge in [-0.2, -0.15) is 0 Å². The Balaban J connectivity index is 2.36. The lowest BCUT2D eigenvalue weighted by Crippen LogP contribution is -1.98. The molecule has 0 atom stereocenters. The second-order valence-electron chi connectivity index (χ2n) is 4.93. The molecular formula is C17H10O3. The predicted molar refractivity (Wildman–Crippen MR) is 78.8 cm³/mol. The van der Waals surface area contributed by atoms with Gasteiger partial charge in [-0.05, 0) is 33.7 Å². The first-order valence-corrected chi connectivity index (χ1v) is 6.29. The zero-order chi connectivity index (χ0) is 13.9. The molecule has 0 unspecified atom stereocenters. The molecule has 2 N–H and O–H groups in total. The average molecular weight is 262 g/mol. The minimum atomic E-state index is -1.12. The minimum Gasteiger partial charge on any atom is -0.506 e. The highest BCUT2D eigenvalue weighted by atomic mass is 16.4. The maximum absolute atomic E-state index is 11.2. The predicted octanol–water partition coefficient (Wildman–Crippen LogP) is 3.99. The largest absolute Gasteiger partial charge is 0.506 e. The van der Waals surface area contributed by atoms with Crippen molar-refractivity contribution in [1.29, 1.82) is 0 Å². The van der Waals surface area contributed by atoms with Gasteiger partial charge in [-0.25, -0.2) is 4.79 Å². The van der Waals surface area contributed by atoms with Crippen LogP contribution in [0.2, 0.25) is 0 Å². The summed E-state index contributed by atoms with van der Waals surface area (Å²) in [5.41, 5.74) is -0.0594. The van der Waals surface area contributed by atoms with E-state index in [1.807, 2.05) is 36.4 Å². The first-order chi connectivity index (χ1) is 9.66. The molecule has 0 aliphatic rings. The van der Waals surface area contributed by atoms with E-state index >= 15 is 0 Å². The van der Waals surface area contributed by atoms with Crippen LogP contribution in [0.1, 0.15) is 10.4 Å². The monoisotopic (exact) mass is 262 g/mol. The van der Waals surface area contributed by atoms with Gasteiger partial charge in [-0.3, -0.25) is 0 Å². The smallest absolute Gasteiger partial charge is 0.339 e. The number of aromatic hydroxyl groups is 1. The molecule has 0 saturated carbocycles. The summed E-state index contributed by atoms with van der Waals surface area (Å²) in [6.07, 6.45) is 0. The van der Waals surface area contributed by atoms with Crippen LogP contribution in [0.3, 0.4) is 0 Å². The standard InChI is InChI=1S/C17H10O3/c18-16-12-7-6-10-3-1-2-9-4-5-11(15(12)14(9)10)8-13(16)17(19)20/h1-8,18H,(H,19,20). The normalized spacial score (nSPS) is 11.6. The Kier molecular flexibility index (Phi) is 1.99. The van der Waals surface area contributed by atoms with Gasteiger partial charge < -0.3 is 10.2 Å². The van der Waals surface area contributed by atoms with Crippen LogP contribution >= 0.6 is 0 Å². The van der Waals surface area contributed by atoms with E-state index in [1.165, 1.54) is 6.07 Å². The van der Waals surface area contributed by atoms with Gasteiger partial charge in [-0.15, -0.1) is 0 Å². The van der Waals surface area contributed by atoms with Crippen molar-refractivity contribution in [2.24, 2.45) is 0 Å². The van der Waals surface area contributed by atoms with Crippen molar-refractivity contribution in [2.75, 3.05) is 0 Å². The van der Waals surface area contributed by atoms with Gasteiger partial charge in [0.2, 0.25) is 0 Å². The molecule has 0 heterocycles. The maximum Gasteiger partial charge on any atom is 0.339 e. The zero-order valence-electron chi connectivity index (χ0n) is 10.4. The fourth-order valence-electron chi connectivity index (χ4n) is 2.96. The van der Waals surface area contributed by atoms with Gasteiger partial charge in [-0.1, -0.05) is 36.4 Å². The van der Waals surface area contributed by atoms with Gasteiger partial charge in [0.05, 0.1) is 0 Å². The van der Waals surface area contributed by atoms with Crippen LogP contribution in [-0.2, 0) is 0 Å². The van der Waals surface area contributed by atoms with Gasteiger partial charge in [0, 0.05) is 10.8 Å². The molecule has 96 valence electrons. The van der Waals surface area contributed by atoms with Crippen LogP contribution in [0.15, 0.2) is 48.5 Å². The number of carbonyl (C=O) groups is 1. The Morgan fingerprint density at radius 1 is 0.850 bits per heavy atom. The summed E-state index contributed by atoms with van der Waals surface area (Å²) in [6.45, 7) is 0. The van der Waals surface area contributed by atoms with Crippen LogP contribution in [0.25, 0.3) is 32.3 Å². The molecule has 0 aliphatic heterocycles. The Hall–Kier alpha value is -2.81. The van der Waals surface area contributed by atoms with Gasteiger partial charge in [0.25, 0.3) is 0 Å². The minimum absolute atomic E-state index is 0.0594. The Morgan fingerprint density at radius 2 is 1.50 bits per heavy atom. The van der Waals surface area contributed by atoms with Crippen LogP contribution in [0, 0.1) is 0 Å². The number of benzene rings is 4. The highest BCUT2D eigenvalue weighted by Gasteiger charge is 2.17. The van der Waals surface area contributed by atoms with Crippen LogP contribution < -0.4 is 0 Å². The molecule has 4 rings (SSSR count). The van der Waals surface area contributed by atoms with E-state index in [2.05, 4.69) is 0 Å². The van der Waals surface area contributed by atoms with Crippen molar-refractivity contribution in [3.8, 4) is 5.75 Å². The highest BCUT2D eigenvalue weighted by molar-refractivity contribution is 6.25. The molecule has 0 bridgehead atoms. The molecule has 0 amide bonds. The summed E-state index contributed by atoms with van der Waals surface area (Å²) in [6, 6.07) is 15.1. The SMILES string of the molecule is O=C(O)c1cc2ccc3cccc4ccc(c1O)c2c34. The van der Waals surface area contributed by atoms with Crippen molar-refractivity contribution in [1.82, 2.24) is 0 Å². The molecule has 0 fully saturated rings. The second-order valence-corrected chi connectivity index (χ2v) is 4.93. The van der Waals surface area contributed by atoms with Crippen LogP contribution in [0.4, 0.5) is 0 Å². The Morgan fingerprint density at radius 3 is 2.20 bits per heavy atom. The number of carboxylic acids is 1. The Labute approximate surface area is 114 Å². The van der Waals surface area contributed by atoms with Crippen molar-refractivity contribution in [3.05, 3.63) is 54.1 Å². The third-order valence-corrected chi connectivity index (χ3v) is 3.85. The summed E-state index contributed by atoms with van der Waals surface area (Å²) in [5, 5.41) is 25.0. The first kappa shape index (κ1) is 11.1. The van der Waals surface area contributed by atoms with Crippen molar-refractivity contribution < 1.29 is 15.0 Å². The van der Waals surface area contributed by atoms with Gasteiger partial charge >= 0.3 is 5.97 Å². The van der Waals surface area contributed by atoms with E-state index in [4.69, 9.17) is 0 Å². The van der Waals surface area contributed by atoms with E-state index in [0.717, 1.165) is 26.9 Å². The number of carboxylic acid groups (broad SMARTS) is 1. The molecule has 3 heteroatoms. The average Bonchev–Trinajstić information content (AvgIpc) is 2.46. The molecule has 0 spiro atoms. The summed E-state index contributed by atoms with van der Waals surface area (Å²) in [4.78, 5) is 11.2. The number of phenols is 1. The summed E-state index contributed by atoms with van der Waals surface area (Å²) >= 11 is 0. The number of rotatable bonds is 1. The topological polar surface area (TPSA) is 57.5 Å². The lowest BCUT2D eigenvalue weighted by atomic mass is 9.92. The summed E-state index contributed by atoms with van der Waals surface area (Å²) in [7, 11) is 0. The molecule has 0 aliphatic carbocycles. The fraction of sp³-hybridized carbons (Fsp3) is 0. The molecule has 4 aromatic carbocycles. The summed E-state index contributed by atoms with van der Waals surface area (Å²) in [5.74, 6) is -1.28. The van der Waals surface area contributed by atoms with E-state index in [9.17, 15) is 15.0 Å². The zero-order valence-corrected chi connectivity index (χ0v) is 10.4. The molecule has 4 aromatic rings. The third kappa shape index (κ3) is 1.26. The highest BCUT2D eigenvalue weighted by Crippen LogP contribution is 2.39. The van der Waals surface area contributed by atoms with Crippen molar-refractivity contribution in [2.45, 2.75) is 0 Å². The number of hydrogen-bond acceptors (Lipinski definition) is 2. The Bertz CT molecular complexity index is 970. The fourth-order valence-corrected chi connectivity index (χ4v) is 2.96. The molecular weight excluding hydrogens is 252 g/mol. The summed E-state index contributed by atoms with van der Waals surface area (Å²) < 4.78 is 0. The lowest BCUT2D eigenvalue weighted by Gasteiger charge is -2.13. The lowest BCUT2D eigenvalue weighted by molar-refractivity contribution is 0.0694. The molecule has 0 aromatic heterocycles. The molecule has 0 radical (unpaired) electrons. The van der Waals surface area contributed by atoms with E-state index in [-0.39, 0.29) is 11.3 Å². The van der Waals surface area contributed by atoms with Crippen LogP contribution in [-0.4, -0.2) is 16.2 Å². The van der Waals surface area contributed by atoms with E-state index in [1.54, 1.807) is 6.07 Å². The van der Waals surface area contributed by atoms with Gasteiger partial charge in [0.1, 0.15) is 11.3 Å². The number of aromatic carboxylic acids is 1. The molecule has 3 nitrogen and oxygen atoms in total. The number of hydrogen-bond donors (Lipinski definition) is 2. The van der Waals surface area contributed by atoms with E-state index < -0.39 is 5.97 Å². The third-order valence-electron chi connectivity index (χ3n) is 3.85. The molecule has 0 saturated heterocycles. The van der Waals surface area contributed by atoms with Crippen LogP contribution in [0.5, 0.6) is 5.75 Å². The molecule has 20 heavy (non-hydrogen) atoms. The second kappa shape index (κ2) is 3.61. The van der Waals surface area contributed by atoms with Crippen molar-refractivity contribution in [3.63, 3.8) is 0 Å². The quantitative estimate of drug-likeness (QED) is 0.510. The van der Waals surface area contributed by atoms with Gasteiger partial charge in [0.15, 0.2) is 0 Å².